The Kier molecular flexibility index (Phi) is 3.91. The van der Waals surface area contributed by atoms with Crippen molar-refractivity contribution in [1.82, 2.24) is 10.2 Å². The summed E-state index contributed by atoms with van der Waals surface area (Å²) in [4.78, 5) is 2.43. The Morgan fingerprint density at radius 2 is 1.88 bits per heavy atom. The van der Waals surface area contributed by atoms with Crippen molar-refractivity contribution in [2.45, 2.75) is 25.4 Å². The van der Waals surface area contributed by atoms with Gasteiger partial charge in [0.25, 0.3) is 0 Å². The van der Waals surface area contributed by atoms with Gasteiger partial charge < -0.3 is 5.32 Å². The molecule has 16 heavy (non-hydrogen) atoms. The van der Waals surface area contributed by atoms with Gasteiger partial charge in [0.15, 0.2) is 0 Å². The fraction of sp³-hybridized carbons (Fsp3) is 0.538. The molecule has 0 spiro atoms. The summed E-state index contributed by atoms with van der Waals surface area (Å²) in [5.41, 5.74) is 1.20. The molecule has 0 amide bonds. The molecular weight excluding hydrogens is 203 g/mol. The van der Waals surface area contributed by atoms with Crippen molar-refractivity contribution in [2.24, 2.45) is 0 Å². The Bertz CT molecular complexity index is 315. The van der Waals surface area contributed by atoms with Crippen LogP contribution >= 0.6 is 0 Å². The zero-order chi connectivity index (χ0) is 11.4. The number of halogens is 1. The van der Waals surface area contributed by atoms with Crippen LogP contribution < -0.4 is 5.32 Å². The zero-order valence-electron chi connectivity index (χ0n) is 9.75. The molecule has 1 aliphatic rings. The van der Waals surface area contributed by atoms with E-state index < -0.39 is 0 Å². The molecule has 1 aromatic carbocycles. The molecule has 3 heteroatoms. The summed E-state index contributed by atoms with van der Waals surface area (Å²) >= 11 is 0. The van der Waals surface area contributed by atoms with E-state index in [1.54, 1.807) is 0 Å². The average molecular weight is 222 g/mol. The molecule has 2 nitrogen and oxygen atoms in total. The van der Waals surface area contributed by atoms with Crippen molar-refractivity contribution in [1.29, 1.82) is 0 Å². The van der Waals surface area contributed by atoms with Gasteiger partial charge in [-0.05, 0) is 50.7 Å². The minimum absolute atomic E-state index is 0.155. The summed E-state index contributed by atoms with van der Waals surface area (Å²) in [5.74, 6) is -0.155. The molecule has 0 aromatic heterocycles. The van der Waals surface area contributed by atoms with E-state index in [4.69, 9.17) is 0 Å². The van der Waals surface area contributed by atoms with E-state index in [0.29, 0.717) is 6.04 Å². The third kappa shape index (κ3) is 3.03. The molecule has 1 heterocycles. The number of benzene rings is 1. The lowest BCUT2D eigenvalue weighted by Crippen LogP contribution is -2.40. The first-order chi connectivity index (χ1) is 7.78. The molecule has 1 aliphatic heterocycles. The van der Waals surface area contributed by atoms with Crippen LogP contribution in [-0.4, -0.2) is 31.1 Å². The monoisotopic (exact) mass is 222 g/mol. The van der Waals surface area contributed by atoms with Gasteiger partial charge in [0.1, 0.15) is 5.82 Å². The minimum Gasteiger partial charge on any atom is -0.317 e. The van der Waals surface area contributed by atoms with Crippen LogP contribution in [0.5, 0.6) is 0 Å². The van der Waals surface area contributed by atoms with Crippen molar-refractivity contribution in [2.75, 3.05) is 20.1 Å². The molecule has 0 bridgehead atoms. The smallest absolute Gasteiger partial charge is 0.123 e. The summed E-state index contributed by atoms with van der Waals surface area (Å²) < 4.78 is 12.7. The third-order valence-electron chi connectivity index (χ3n) is 3.32. The van der Waals surface area contributed by atoms with E-state index in [1.165, 1.54) is 30.5 Å². The van der Waals surface area contributed by atoms with Crippen LogP contribution in [0.2, 0.25) is 0 Å². The van der Waals surface area contributed by atoms with Gasteiger partial charge in [-0.25, -0.2) is 4.39 Å². The van der Waals surface area contributed by atoms with E-state index in [2.05, 4.69) is 10.2 Å². The molecule has 2 rings (SSSR count). The Morgan fingerprint density at radius 3 is 2.44 bits per heavy atom. The van der Waals surface area contributed by atoms with Crippen LogP contribution in [0.1, 0.15) is 18.4 Å². The summed E-state index contributed by atoms with van der Waals surface area (Å²) in [6, 6.07) is 7.49. The molecule has 1 N–H and O–H groups in total. The van der Waals surface area contributed by atoms with Crippen molar-refractivity contribution in [3.63, 3.8) is 0 Å². The van der Waals surface area contributed by atoms with Crippen LogP contribution in [0.25, 0.3) is 0 Å². The van der Waals surface area contributed by atoms with Gasteiger partial charge in [-0.1, -0.05) is 12.1 Å². The molecule has 1 saturated heterocycles. The maximum atomic E-state index is 12.7. The number of piperidine rings is 1. The van der Waals surface area contributed by atoms with Crippen molar-refractivity contribution in [3.05, 3.63) is 35.6 Å². The van der Waals surface area contributed by atoms with E-state index >= 15 is 0 Å². The first-order valence-corrected chi connectivity index (χ1v) is 5.92. The molecule has 0 radical (unpaired) electrons. The number of rotatable bonds is 3. The summed E-state index contributed by atoms with van der Waals surface area (Å²) in [7, 11) is 2.03. The number of hydrogen-bond donors (Lipinski definition) is 1. The maximum absolute atomic E-state index is 12.7. The van der Waals surface area contributed by atoms with Crippen LogP contribution in [0.3, 0.4) is 0 Å². The normalized spacial score (nSPS) is 18.9. The van der Waals surface area contributed by atoms with Crippen LogP contribution in [0, 0.1) is 5.82 Å². The van der Waals surface area contributed by atoms with Crippen LogP contribution in [0.15, 0.2) is 24.3 Å². The minimum atomic E-state index is -0.155. The Hall–Kier alpha value is -0.930. The van der Waals surface area contributed by atoms with Crippen molar-refractivity contribution in [3.8, 4) is 0 Å². The number of hydrogen-bond acceptors (Lipinski definition) is 2. The number of likely N-dealkylation sites (tertiary alicyclic amines) is 1. The predicted molar refractivity (Wildman–Crippen MR) is 63.8 cm³/mol. The van der Waals surface area contributed by atoms with Crippen LogP contribution in [-0.2, 0) is 6.54 Å². The summed E-state index contributed by atoms with van der Waals surface area (Å²) in [6.45, 7) is 3.20. The standard InChI is InChI=1S/C13H19FN2/c1-15-13-6-8-16(9-7-13)10-11-2-4-12(14)5-3-11/h2-5,13,15H,6-10H2,1H3. The van der Waals surface area contributed by atoms with Crippen molar-refractivity contribution >= 4 is 0 Å². The topological polar surface area (TPSA) is 15.3 Å². The average Bonchev–Trinajstić information content (AvgIpc) is 2.33. The van der Waals surface area contributed by atoms with E-state index in [9.17, 15) is 4.39 Å². The molecular formula is C13H19FN2. The highest BCUT2D eigenvalue weighted by Crippen LogP contribution is 2.13. The van der Waals surface area contributed by atoms with Gasteiger partial charge in [-0.2, -0.15) is 0 Å². The fourth-order valence-corrected chi connectivity index (χ4v) is 2.23. The highest BCUT2D eigenvalue weighted by atomic mass is 19.1. The lowest BCUT2D eigenvalue weighted by molar-refractivity contribution is 0.194. The quantitative estimate of drug-likeness (QED) is 0.841. The van der Waals surface area contributed by atoms with E-state index in [1.807, 2.05) is 19.2 Å². The Balaban J connectivity index is 1.84. The fourth-order valence-electron chi connectivity index (χ4n) is 2.23. The first-order valence-electron chi connectivity index (χ1n) is 5.92. The SMILES string of the molecule is CNC1CCN(Cc2ccc(F)cc2)CC1. The third-order valence-corrected chi connectivity index (χ3v) is 3.32. The van der Waals surface area contributed by atoms with Gasteiger partial charge in [0.05, 0.1) is 0 Å². The largest absolute Gasteiger partial charge is 0.317 e. The van der Waals surface area contributed by atoms with Gasteiger partial charge in [0.2, 0.25) is 0 Å². The molecule has 1 fully saturated rings. The van der Waals surface area contributed by atoms with Gasteiger partial charge in [-0.15, -0.1) is 0 Å². The zero-order valence-corrected chi connectivity index (χ0v) is 9.75. The maximum Gasteiger partial charge on any atom is 0.123 e. The summed E-state index contributed by atoms with van der Waals surface area (Å²) in [5, 5.41) is 3.32. The molecule has 1 aromatic rings. The number of nitrogens with one attached hydrogen (secondary N) is 1. The second-order valence-electron chi connectivity index (χ2n) is 4.47. The second kappa shape index (κ2) is 5.41. The molecule has 88 valence electrons. The van der Waals surface area contributed by atoms with Crippen molar-refractivity contribution < 1.29 is 4.39 Å². The van der Waals surface area contributed by atoms with Gasteiger partial charge in [-0.3, -0.25) is 4.90 Å². The first kappa shape index (κ1) is 11.6. The predicted octanol–water partition coefficient (Wildman–Crippen LogP) is 2.01. The van der Waals surface area contributed by atoms with E-state index in [-0.39, 0.29) is 5.82 Å². The molecule has 0 saturated carbocycles. The number of nitrogens with zero attached hydrogens (tertiary/aromatic N) is 1. The molecule has 0 atom stereocenters. The van der Waals surface area contributed by atoms with E-state index in [0.717, 1.165) is 19.6 Å². The lowest BCUT2D eigenvalue weighted by atomic mass is 10.0. The lowest BCUT2D eigenvalue weighted by Gasteiger charge is -2.31. The van der Waals surface area contributed by atoms with Gasteiger partial charge >= 0.3 is 0 Å². The van der Waals surface area contributed by atoms with Crippen LogP contribution in [0.4, 0.5) is 4.39 Å². The molecule has 0 unspecified atom stereocenters. The highest BCUT2D eigenvalue weighted by molar-refractivity contribution is 5.15. The van der Waals surface area contributed by atoms with Gasteiger partial charge in [0, 0.05) is 12.6 Å². The molecule has 0 aliphatic carbocycles. The summed E-state index contributed by atoms with van der Waals surface area (Å²) in [6.07, 6.45) is 2.41. The Morgan fingerprint density at radius 1 is 1.25 bits per heavy atom. The Labute approximate surface area is 96.5 Å². The second-order valence-corrected chi connectivity index (χ2v) is 4.47. The highest BCUT2D eigenvalue weighted by Gasteiger charge is 2.17.